The van der Waals surface area contributed by atoms with E-state index in [0.717, 1.165) is 33.9 Å². The zero-order valence-corrected chi connectivity index (χ0v) is 18.9. The molecule has 4 rings (SSSR count). The van der Waals surface area contributed by atoms with Crippen LogP contribution in [0.15, 0.2) is 58.7 Å². The first-order valence-electron chi connectivity index (χ1n) is 10.7. The van der Waals surface area contributed by atoms with E-state index >= 15 is 0 Å². The average Bonchev–Trinajstić information content (AvgIpc) is 2.76. The van der Waals surface area contributed by atoms with Crippen LogP contribution in [0.4, 0.5) is 11.4 Å². The molecule has 0 saturated carbocycles. The van der Waals surface area contributed by atoms with E-state index in [2.05, 4.69) is 26.4 Å². The molecule has 2 aromatic rings. The molecule has 0 unspecified atom stereocenters. The Balaban J connectivity index is 0.000000189. The number of nitrogens with one attached hydrogen (secondary N) is 3. The lowest BCUT2D eigenvalue weighted by atomic mass is 9.94. The maximum Gasteiger partial charge on any atom is 0.240 e. The van der Waals surface area contributed by atoms with Crippen LogP contribution in [0.1, 0.15) is 44.7 Å². The molecule has 0 saturated heterocycles. The minimum absolute atomic E-state index is 0.0262. The normalized spacial score (nSPS) is 19.7. The fraction of sp³-hybridized carbons (Fsp3) is 0.292. The summed E-state index contributed by atoms with van der Waals surface area (Å²) in [7, 11) is 0. The van der Waals surface area contributed by atoms with Crippen LogP contribution in [0.5, 0.6) is 0 Å². The van der Waals surface area contributed by atoms with E-state index in [1.807, 2.05) is 62.4 Å². The predicted molar refractivity (Wildman–Crippen MR) is 129 cm³/mol. The fourth-order valence-corrected chi connectivity index (χ4v) is 3.59. The van der Waals surface area contributed by atoms with E-state index < -0.39 is 0 Å². The van der Waals surface area contributed by atoms with Gasteiger partial charge < -0.3 is 11.1 Å². The summed E-state index contributed by atoms with van der Waals surface area (Å²) in [6.45, 7) is 5.43. The van der Waals surface area contributed by atoms with Gasteiger partial charge in [0.05, 0.1) is 11.4 Å². The number of hydrogen-bond acceptors (Lipinski definition) is 6. The summed E-state index contributed by atoms with van der Waals surface area (Å²) in [5.41, 5.74) is 15.8. The highest BCUT2D eigenvalue weighted by Gasteiger charge is 2.22. The zero-order valence-electron chi connectivity index (χ0n) is 18.9. The van der Waals surface area contributed by atoms with E-state index in [1.54, 1.807) is 0 Å². The molecule has 0 fully saturated rings. The Morgan fingerprint density at radius 3 is 1.67 bits per heavy atom. The molecule has 9 nitrogen and oxygen atoms in total. The number of carbonyl (C=O) groups is 3. The number of benzene rings is 2. The van der Waals surface area contributed by atoms with Crippen molar-refractivity contribution in [2.24, 2.45) is 22.0 Å². The van der Waals surface area contributed by atoms with Crippen molar-refractivity contribution in [3.05, 3.63) is 59.7 Å². The smallest absolute Gasteiger partial charge is 0.240 e. The Kier molecular flexibility index (Phi) is 7.55. The Morgan fingerprint density at radius 2 is 1.27 bits per heavy atom. The topological polar surface area (TPSA) is 138 Å². The van der Waals surface area contributed by atoms with Crippen LogP contribution >= 0.6 is 0 Å². The summed E-state index contributed by atoms with van der Waals surface area (Å²) < 4.78 is 0. The molecule has 3 amide bonds. The van der Waals surface area contributed by atoms with Gasteiger partial charge in [0.15, 0.2) is 0 Å². The van der Waals surface area contributed by atoms with Crippen LogP contribution in [-0.2, 0) is 14.4 Å². The third-order valence-electron chi connectivity index (χ3n) is 5.23. The number of nitrogens with zero attached hydrogens (tertiary/aromatic N) is 2. The molecule has 0 radical (unpaired) electrons. The lowest BCUT2D eigenvalue weighted by Gasteiger charge is -2.19. The average molecular weight is 449 g/mol. The molecular weight excluding hydrogens is 420 g/mol. The summed E-state index contributed by atoms with van der Waals surface area (Å²) in [6.07, 6.45) is 0.940. The van der Waals surface area contributed by atoms with Crippen molar-refractivity contribution in [1.82, 2.24) is 10.9 Å². The standard InChI is InChI=1S/C13H15N3O2.C11H13N3O/c1-8-7-12(18)15-16-13(8)10-3-5-11(6-4-10)14-9(2)17;1-7-6-10(15)13-14-11(7)8-2-4-9(12)5-3-8/h3-6,8H,7H2,1-2H3,(H,14,17)(H,15,18);2-5,7H,6,12H2,1H3,(H,13,15)/t8-;7-/m11/s1. The first-order valence-corrected chi connectivity index (χ1v) is 10.7. The summed E-state index contributed by atoms with van der Waals surface area (Å²) in [5, 5.41) is 10.9. The fourth-order valence-electron chi connectivity index (χ4n) is 3.59. The molecule has 2 aromatic carbocycles. The lowest BCUT2D eigenvalue weighted by Crippen LogP contribution is -2.31. The third-order valence-corrected chi connectivity index (χ3v) is 5.23. The monoisotopic (exact) mass is 448 g/mol. The highest BCUT2D eigenvalue weighted by Crippen LogP contribution is 2.19. The SMILES string of the molecule is CC(=O)Nc1ccc(C2=NNC(=O)C[C@H]2C)cc1.C[C@@H]1CC(=O)NN=C1c1ccc(N)cc1. The van der Waals surface area contributed by atoms with E-state index in [4.69, 9.17) is 5.73 Å². The van der Waals surface area contributed by atoms with Crippen LogP contribution in [0, 0.1) is 11.8 Å². The first-order chi connectivity index (χ1) is 15.7. The molecule has 5 N–H and O–H groups in total. The third kappa shape index (κ3) is 6.49. The number of nitrogen functional groups attached to an aromatic ring is 1. The van der Waals surface area contributed by atoms with Gasteiger partial charge in [-0.3, -0.25) is 14.4 Å². The molecule has 0 aromatic heterocycles. The van der Waals surface area contributed by atoms with Crippen LogP contribution in [0.2, 0.25) is 0 Å². The summed E-state index contributed by atoms with van der Waals surface area (Å²) in [5.74, 6) is 0.0777. The number of rotatable bonds is 3. The van der Waals surface area contributed by atoms with Gasteiger partial charge in [-0.1, -0.05) is 38.1 Å². The van der Waals surface area contributed by atoms with Crippen molar-refractivity contribution in [3.63, 3.8) is 0 Å². The first kappa shape index (κ1) is 23.6. The largest absolute Gasteiger partial charge is 0.399 e. The molecule has 33 heavy (non-hydrogen) atoms. The number of anilines is 2. The van der Waals surface area contributed by atoms with Crippen LogP contribution in [0.3, 0.4) is 0 Å². The number of carbonyl (C=O) groups excluding carboxylic acids is 3. The lowest BCUT2D eigenvalue weighted by molar-refractivity contribution is -0.122. The van der Waals surface area contributed by atoms with Gasteiger partial charge in [-0.15, -0.1) is 0 Å². The van der Waals surface area contributed by atoms with Crippen molar-refractivity contribution < 1.29 is 14.4 Å². The quantitative estimate of drug-likeness (QED) is 0.536. The molecule has 2 atom stereocenters. The summed E-state index contributed by atoms with van der Waals surface area (Å²) in [4.78, 5) is 33.1. The highest BCUT2D eigenvalue weighted by atomic mass is 16.2. The molecule has 2 aliphatic rings. The van der Waals surface area contributed by atoms with E-state index in [1.165, 1.54) is 6.92 Å². The van der Waals surface area contributed by atoms with Crippen molar-refractivity contribution in [2.75, 3.05) is 11.1 Å². The Morgan fingerprint density at radius 1 is 0.848 bits per heavy atom. The minimum atomic E-state index is -0.0987. The molecule has 0 spiro atoms. The van der Waals surface area contributed by atoms with Gasteiger partial charge in [0.2, 0.25) is 17.7 Å². The van der Waals surface area contributed by atoms with Crippen molar-refractivity contribution in [2.45, 2.75) is 33.6 Å². The van der Waals surface area contributed by atoms with Gasteiger partial charge in [0.1, 0.15) is 0 Å². The predicted octanol–water partition coefficient (Wildman–Crippen LogP) is 2.63. The Hall–Kier alpha value is -4.01. The molecule has 2 heterocycles. The summed E-state index contributed by atoms with van der Waals surface area (Å²) >= 11 is 0. The number of amides is 3. The van der Waals surface area contributed by atoms with Crippen molar-refractivity contribution >= 4 is 40.5 Å². The number of hydrogen-bond donors (Lipinski definition) is 4. The second kappa shape index (κ2) is 10.5. The Labute approximate surface area is 192 Å². The van der Waals surface area contributed by atoms with Crippen molar-refractivity contribution in [3.8, 4) is 0 Å². The second-order valence-corrected chi connectivity index (χ2v) is 8.15. The van der Waals surface area contributed by atoms with Gasteiger partial charge >= 0.3 is 0 Å². The van der Waals surface area contributed by atoms with Gasteiger partial charge in [-0.2, -0.15) is 10.2 Å². The maximum atomic E-state index is 11.2. The minimum Gasteiger partial charge on any atom is -0.399 e. The van der Waals surface area contributed by atoms with Crippen LogP contribution in [0.25, 0.3) is 0 Å². The summed E-state index contributed by atoms with van der Waals surface area (Å²) in [6, 6.07) is 14.9. The second-order valence-electron chi connectivity index (χ2n) is 8.15. The molecule has 172 valence electrons. The molecule has 2 aliphatic heterocycles. The van der Waals surface area contributed by atoms with E-state index in [0.29, 0.717) is 12.8 Å². The number of hydrazone groups is 2. The van der Waals surface area contributed by atoms with E-state index in [-0.39, 0.29) is 29.6 Å². The zero-order chi connectivity index (χ0) is 24.0. The Bertz CT molecular complexity index is 1090. The van der Waals surface area contributed by atoms with Gasteiger partial charge in [-0.25, -0.2) is 10.9 Å². The molecule has 9 heteroatoms. The molecule has 0 aliphatic carbocycles. The van der Waals surface area contributed by atoms with Gasteiger partial charge in [0, 0.05) is 43.0 Å². The number of nitrogens with two attached hydrogens (primary N) is 1. The highest BCUT2D eigenvalue weighted by molar-refractivity contribution is 6.06. The van der Waals surface area contributed by atoms with Gasteiger partial charge in [-0.05, 0) is 35.4 Å². The van der Waals surface area contributed by atoms with E-state index in [9.17, 15) is 14.4 Å². The molecule has 0 bridgehead atoms. The van der Waals surface area contributed by atoms with Gasteiger partial charge in [0.25, 0.3) is 0 Å². The van der Waals surface area contributed by atoms with Crippen LogP contribution in [-0.4, -0.2) is 29.1 Å². The van der Waals surface area contributed by atoms with Crippen molar-refractivity contribution in [1.29, 1.82) is 0 Å². The van der Waals surface area contributed by atoms with Crippen LogP contribution < -0.4 is 21.9 Å². The maximum absolute atomic E-state index is 11.2. The molecular formula is C24H28N6O3.